The lowest BCUT2D eigenvalue weighted by molar-refractivity contribution is -0.146. The molecule has 0 aliphatic carbocycles. The van der Waals surface area contributed by atoms with Crippen molar-refractivity contribution < 1.29 is 19.4 Å². The van der Waals surface area contributed by atoms with E-state index in [1.54, 1.807) is 18.2 Å². The lowest BCUT2D eigenvalue weighted by Gasteiger charge is -2.21. The van der Waals surface area contributed by atoms with Crippen LogP contribution in [0, 0.1) is 11.8 Å². The van der Waals surface area contributed by atoms with Crippen molar-refractivity contribution in [2.24, 2.45) is 11.8 Å². The van der Waals surface area contributed by atoms with Gasteiger partial charge < -0.3 is 15.2 Å². The molecule has 0 aromatic heterocycles. The second-order valence-corrected chi connectivity index (χ2v) is 5.56. The van der Waals surface area contributed by atoms with Crippen LogP contribution >= 0.6 is 11.6 Å². The molecule has 0 spiro atoms. The number of ether oxygens (including phenoxy) is 1. The number of carboxylic acids is 1. The molecule has 1 amide bonds. The van der Waals surface area contributed by atoms with E-state index in [4.69, 9.17) is 16.3 Å². The van der Waals surface area contributed by atoms with Gasteiger partial charge in [0.15, 0.2) is 0 Å². The van der Waals surface area contributed by atoms with E-state index in [1.807, 2.05) is 18.2 Å². The van der Waals surface area contributed by atoms with Gasteiger partial charge in [0, 0.05) is 11.6 Å². The van der Waals surface area contributed by atoms with E-state index in [0.29, 0.717) is 5.02 Å². The zero-order valence-electron chi connectivity index (χ0n) is 11.0. The first-order valence-electron chi connectivity index (χ1n) is 6.65. The molecule has 0 unspecified atom stereocenters. The molecular weight excluding hydrogens is 294 g/mol. The van der Waals surface area contributed by atoms with Gasteiger partial charge in [-0.25, -0.2) is 0 Å². The fourth-order valence-corrected chi connectivity index (χ4v) is 3.06. The van der Waals surface area contributed by atoms with Gasteiger partial charge in [-0.3, -0.25) is 9.59 Å². The number of hydrogen-bond donors (Lipinski definition) is 2. The first-order chi connectivity index (χ1) is 10.1. The van der Waals surface area contributed by atoms with Crippen molar-refractivity contribution in [1.29, 1.82) is 0 Å². The van der Waals surface area contributed by atoms with E-state index in [9.17, 15) is 14.7 Å². The molecule has 0 radical (unpaired) electrons. The number of carbonyl (C=O) groups excluding carboxylic acids is 1. The summed E-state index contributed by atoms with van der Waals surface area (Å²) < 4.78 is 5.48. The van der Waals surface area contributed by atoms with Crippen molar-refractivity contribution in [2.45, 2.75) is 18.8 Å². The predicted octanol–water partition coefficient (Wildman–Crippen LogP) is 1.61. The molecule has 2 bridgehead atoms. The average molecular weight is 308 g/mol. The molecule has 21 heavy (non-hydrogen) atoms. The van der Waals surface area contributed by atoms with Gasteiger partial charge >= 0.3 is 5.97 Å². The Labute approximate surface area is 126 Å². The smallest absolute Gasteiger partial charge is 0.310 e. The molecule has 2 aliphatic heterocycles. The molecule has 3 rings (SSSR count). The van der Waals surface area contributed by atoms with Gasteiger partial charge in [-0.05, 0) is 11.6 Å². The Morgan fingerprint density at radius 1 is 1.19 bits per heavy atom. The third-order valence-corrected chi connectivity index (χ3v) is 4.27. The number of carboxylic acid groups (broad SMARTS) is 1. The van der Waals surface area contributed by atoms with Gasteiger partial charge in [0.05, 0.1) is 18.1 Å². The maximum Gasteiger partial charge on any atom is 0.310 e. The summed E-state index contributed by atoms with van der Waals surface area (Å²) in [6, 6.07) is 7.19. The Hall–Kier alpha value is -1.85. The molecule has 1 saturated heterocycles. The van der Waals surface area contributed by atoms with Crippen LogP contribution in [0.5, 0.6) is 0 Å². The van der Waals surface area contributed by atoms with Gasteiger partial charge in [-0.1, -0.05) is 42.0 Å². The summed E-state index contributed by atoms with van der Waals surface area (Å²) in [5, 5.41) is 12.6. The largest absolute Gasteiger partial charge is 0.481 e. The van der Waals surface area contributed by atoms with Crippen LogP contribution in [0.1, 0.15) is 5.56 Å². The highest BCUT2D eigenvalue weighted by Crippen LogP contribution is 2.39. The maximum absolute atomic E-state index is 12.3. The molecule has 5 nitrogen and oxygen atoms in total. The molecule has 110 valence electrons. The standard InChI is InChI=1S/C15H14ClNO4/c16-9-4-2-1-3-8(9)7-17-14(18)12-10-5-6-11(21-10)13(12)15(19)20/h1-6,10-13H,7H2,(H,17,18)(H,19,20)/t10-,11+,12-,13+/m1/s1. The molecule has 1 aromatic rings. The van der Waals surface area contributed by atoms with Crippen LogP contribution in [0.25, 0.3) is 0 Å². The summed E-state index contributed by atoms with van der Waals surface area (Å²) in [5.74, 6) is -2.85. The van der Waals surface area contributed by atoms with Crippen LogP contribution in [0.4, 0.5) is 0 Å². The molecule has 2 aliphatic rings. The minimum Gasteiger partial charge on any atom is -0.481 e. The number of amides is 1. The van der Waals surface area contributed by atoms with Crippen molar-refractivity contribution >= 4 is 23.5 Å². The minimum absolute atomic E-state index is 0.266. The number of carbonyl (C=O) groups is 2. The third kappa shape index (κ3) is 2.54. The normalized spacial score (nSPS) is 29.6. The quantitative estimate of drug-likeness (QED) is 0.829. The zero-order chi connectivity index (χ0) is 15.0. The van der Waals surface area contributed by atoms with E-state index >= 15 is 0 Å². The summed E-state index contributed by atoms with van der Waals surface area (Å²) in [6.45, 7) is 0.266. The second kappa shape index (κ2) is 5.50. The molecule has 0 saturated carbocycles. The highest BCUT2D eigenvalue weighted by atomic mass is 35.5. The first-order valence-corrected chi connectivity index (χ1v) is 7.03. The topological polar surface area (TPSA) is 75.6 Å². The number of halogens is 1. The molecule has 2 N–H and O–H groups in total. The Morgan fingerprint density at radius 2 is 1.86 bits per heavy atom. The zero-order valence-corrected chi connectivity index (χ0v) is 11.8. The van der Waals surface area contributed by atoms with E-state index in [2.05, 4.69) is 5.32 Å². The Balaban J connectivity index is 1.69. The highest BCUT2D eigenvalue weighted by molar-refractivity contribution is 6.31. The van der Waals surface area contributed by atoms with Gasteiger partial charge in [-0.2, -0.15) is 0 Å². The van der Waals surface area contributed by atoms with Crippen molar-refractivity contribution in [2.75, 3.05) is 0 Å². The molecule has 1 fully saturated rings. The van der Waals surface area contributed by atoms with Crippen molar-refractivity contribution in [3.8, 4) is 0 Å². The predicted molar refractivity (Wildman–Crippen MR) is 75.7 cm³/mol. The number of nitrogens with one attached hydrogen (secondary N) is 1. The average Bonchev–Trinajstić information content (AvgIpc) is 3.06. The Kier molecular flexibility index (Phi) is 3.69. The molecular formula is C15H14ClNO4. The fourth-order valence-electron chi connectivity index (χ4n) is 2.86. The number of hydrogen-bond acceptors (Lipinski definition) is 3. The van der Waals surface area contributed by atoms with Gasteiger partial charge in [0.25, 0.3) is 0 Å². The lowest BCUT2D eigenvalue weighted by Crippen LogP contribution is -2.42. The van der Waals surface area contributed by atoms with E-state index < -0.39 is 30.0 Å². The lowest BCUT2D eigenvalue weighted by atomic mass is 9.82. The number of fused-ring (bicyclic) bond motifs is 2. The summed E-state index contributed by atoms with van der Waals surface area (Å²) >= 11 is 6.03. The van der Waals surface area contributed by atoms with Crippen molar-refractivity contribution in [1.82, 2.24) is 5.32 Å². The second-order valence-electron chi connectivity index (χ2n) is 5.15. The Bertz CT molecular complexity index is 615. The number of rotatable bonds is 4. The molecule has 1 aromatic carbocycles. The summed E-state index contributed by atoms with van der Waals surface area (Å²) in [4.78, 5) is 23.6. The van der Waals surface area contributed by atoms with Gasteiger partial charge in [0.1, 0.15) is 5.92 Å². The van der Waals surface area contributed by atoms with Gasteiger partial charge in [-0.15, -0.1) is 0 Å². The van der Waals surface area contributed by atoms with E-state index in [1.165, 1.54) is 0 Å². The van der Waals surface area contributed by atoms with E-state index in [0.717, 1.165) is 5.56 Å². The van der Waals surface area contributed by atoms with Crippen LogP contribution in [-0.2, 0) is 20.9 Å². The van der Waals surface area contributed by atoms with Crippen LogP contribution in [0.15, 0.2) is 36.4 Å². The third-order valence-electron chi connectivity index (χ3n) is 3.90. The minimum atomic E-state index is -1.01. The monoisotopic (exact) mass is 307 g/mol. The van der Waals surface area contributed by atoms with Crippen LogP contribution in [-0.4, -0.2) is 29.2 Å². The molecule has 6 heteroatoms. The number of benzene rings is 1. The fraction of sp³-hybridized carbons (Fsp3) is 0.333. The van der Waals surface area contributed by atoms with Crippen LogP contribution < -0.4 is 5.32 Å². The maximum atomic E-state index is 12.3. The Morgan fingerprint density at radius 3 is 2.52 bits per heavy atom. The van der Waals surface area contributed by atoms with E-state index in [-0.39, 0.29) is 12.5 Å². The van der Waals surface area contributed by atoms with Crippen molar-refractivity contribution in [3.63, 3.8) is 0 Å². The van der Waals surface area contributed by atoms with Crippen molar-refractivity contribution in [3.05, 3.63) is 47.0 Å². The SMILES string of the molecule is O=C(O)[C@@H]1[C@H](C(=O)NCc2ccccc2Cl)[C@H]2C=C[C@@H]1O2. The summed E-state index contributed by atoms with van der Waals surface area (Å²) in [7, 11) is 0. The van der Waals surface area contributed by atoms with Crippen LogP contribution in [0.2, 0.25) is 5.02 Å². The highest BCUT2D eigenvalue weighted by Gasteiger charge is 2.53. The molecule has 2 heterocycles. The van der Waals surface area contributed by atoms with Gasteiger partial charge in [0.2, 0.25) is 5.91 Å². The molecule has 4 atom stereocenters. The first kappa shape index (κ1) is 14.1. The van der Waals surface area contributed by atoms with Crippen LogP contribution in [0.3, 0.4) is 0 Å². The summed E-state index contributed by atoms with van der Waals surface area (Å²) in [5.41, 5.74) is 0.791. The summed E-state index contributed by atoms with van der Waals surface area (Å²) in [6.07, 6.45) is 2.50. The number of aliphatic carboxylic acids is 1.